The molecule has 27 heavy (non-hydrogen) atoms. The highest BCUT2D eigenvalue weighted by Crippen LogP contribution is 2.25. The molecule has 0 fully saturated rings. The van der Waals surface area contributed by atoms with Crippen LogP contribution in [0.5, 0.6) is 0 Å². The van der Waals surface area contributed by atoms with Crippen LogP contribution in [0.15, 0.2) is 77.3 Å². The van der Waals surface area contributed by atoms with Crippen molar-refractivity contribution in [1.29, 1.82) is 0 Å². The van der Waals surface area contributed by atoms with Gasteiger partial charge >= 0.3 is 0 Å². The molecule has 0 radical (unpaired) electrons. The summed E-state index contributed by atoms with van der Waals surface area (Å²) < 4.78 is 0.699. The van der Waals surface area contributed by atoms with Gasteiger partial charge in [-0.1, -0.05) is 60.7 Å². The van der Waals surface area contributed by atoms with Crippen molar-refractivity contribution in [2.24, 2.45) is 0 Å². The van der Waals surface area contributed by atoms with Crippen molar-refractivity contribution < 1.29 is 9.59 Å². The van der Waals surface area contributed by atoms with Crippen molar-refractivity contribution in [3.05, 3.63) is 88.4 Å². The molecule has 3 nitrogen and oxygen atoms in total. The van der Waals surface area contributed by atoms with Crippen molar-refractivity contribution in [3.63, 3.8) is 0 Å². The van der Waals surface area contributed by atoms with Crippen LogP contribution < -0.4 is 5.32 Å². The maximum Gasteiger partial charge on any atom is 0.239 e. The van der Waals surface area contributed by atoms with E-state index in [4.69, 9.17) is 11.6 Å². The number of benzene rings is 3. The Morgan fingerprint density at radius 1 is 0.889 bits per heavy atom. The van der Waals surface area contributed by atoms with Crippen molar-refractivity contribution in [3.8, 4) is 11.1 Å². The second kappa shape index (κ2) is 8.98. The predicted octanol–water partition coefficient (Wildman–Crippen LogP) is 5.72. The molecule has 0 saturated heterocycles. The summed E-state index contributed by atoms with van der Waals surface area (Å²) in [6.45, 7) is 0. The maximum atomic E-state index is 12.6. The van der Waals surface area contributed by atoms with E-state index < -0.39 is 0 Å². The molecular formula is C22H17BrClNO2. The zero-order valence-corrected chi connectivity index (χ0v) is 16.8. The molecule has 3 aromatic carbocycles. The van der Waals surface area contributed by atoms with Gasteiger partial charge in [0.05, 0.1) is 5.69 Å². The van der Waals surface area contributed by atoms with Crippen LogP contribution >= 0.6 is 27.5 Å². The van der Waals surface area contributed by atoms with Gasteiger partial charge in [-0.3, -0.25) is 9.59 Å². The Morgan fingerprint density at radius 3 is 2.22 bits per heavy atom. The van der Waals surface area contributed by atoms with E-state index in [-0.39, 0.29) is 17.6 Å². The number of rotatable bonds is 6. The predicted molar refractivity (Wildman–Crippen MR) is 113 cm³/mol. The monoisotopic (exact) mass is 441 g/mol. The highest BCUT2D eigenvalue weighted by atomic mass is 79.9. The van der Waals surface area contributed by atoms with Crippen LogP contribution in [0.3, 0.4) is 0 Å². The Hall–Kier alpha value is -2.43. The summed E-state index contributed by atoms with van der Waals surface area (Å²) >= 11 is 8.89. The molecule has 0 aromatic heterocycles. The molecule has 0 atom stereocenters. The van der Waals surface area contributed by atoms with E-state index in [1.807, 2.05) is 42.5 Å². The molecule has 136 valence electrons. The Labute approximate surface area is 171 Å². The second-order valence-electron chi connectivity index (χ2n) is 6.04. The molecule has 0 aliphatic rings. The van der Waals surface area contributed by atoms with Crippen molar-refractivity contribution in [1.82, 2.24) is 0 Å². The highest BCUT2D eigenvalue weighted by molar-refractivity contribution is 9.10. The lowest BCUT2D eigenvalue weighted by Gasteiger charge is -2.09. The molecule has 0 bridgehead atoms. The summed E-state index contributed by atoms with van der Waals surface area (Å²) in [7, 11) is 0. The average molecular weight is 443 g/mol. The first-order valence-electron chi connectivity index (χ1n) is 8.40. The molecule has 0 aliphatic heterocycles. The summed E-state index contributed by atoms with van der Waals surface area (Å²) in [4.78, 5) is 24.1. The van der Waals surface area contributed by atoms with Crippen LogP contribution in [0.25, 0.3) is 11.1 Å². The van der Waals surface area contributed by atoms with Crippen molar-refractivity contribution >= 4 is 44.9 Å². The Morgan fingerprint density at radius 2 is 1.56 bits per heavy atom. The zero-order chi connectivity index (χ0) is 19.2. The summed E-state index contributed by atoms with van der Waals surface area (Å²) in [5, 5.41) is 2.67. The summed E-state index contributed by atoms with van der Waals surface area (Å²) in [6, 6.07) is 23.2. The molecule has 0 aliphatic carbocycles. The van der Waals surface area contributed by atoms with Gasteiger partial charge in [0.1, 0.15) is 5.88 Å². The highest BCUT2D eigenvalue weighted by Gasteiger charge is 2.11. The van der Waals surface area contributed by atoms with Crippen LogP contribution in [0.1, 0.15) is 15.9 Å². The third-order valence-electron chi connectivity index (χ3n) is 4.11. The van der Waals surface area contributed by atoms with Crippen LogP contribution in [-0.4, -0.2) is 17.6 Å². The molecule has 1 amide bonds. The van der Waals surface area contributed by atoms with Crippen LogP contribution in [0.2, 0.25) is 0 Å². The van der Waals surface area contributed by atoms with Crippen LogP contribution in [-0.2, 0) is 11.2 Å². The third kappa shape index (κ3) is 5.06. The number of anilines is 1. The summed E-state index contributed by atoms with van der Waals surface area (Å²) in [6.07, 6.45) is 0.291. The minimum absolute atomic E-state index is 0.0173. The van der Waals surface area contributed by atoms with Gasteiger partial charge in [-0.25, -0.2) is 0 Å². The van der Waals surface area contributed by atoms with E-state index in [0.717, 1.165) is 16.7 Å². The first-order valence-corrected chi connectivity index (χ1v) is 9.72. The Kier molecular flexibility index (Phi) is 6.43. The second-order valence-corrected chi connectivity index (χ2v) is 7.16. The first-order chi connectivity index (χ1) is 13.1. The normalized spacial score (nSPS) is 10.4. The number of carbonyl (C=O) groups excluding carboxylic acids is 2. The maximum absolute atomic E-state index is 12.6. The fourth-order valence-corrected chi connectivity index (χ4v) is 3.12. The first kappa shape index (κ1) is 19.3. The fraction of sp³-hybridized carbons (Fsp3) is 0.0909. The van der Waals surface area contributed by atoms with Gasteiger partial charge in [-0.15, -0.1) is 11.6 Å². The van der Waals surface area contributed by atoms with E-state index >= 15 is 0 Å². The van der Waals surface area contributed by atoms with Gasteiger partial charge in [-0.2, -0.15) is 0 Å². The minimum Gasteiger partial charge on any atom is -0.324 e. The number of halogens is 2. The molecule has 3 aromatic rings. The number of carbonyl (C=O) groups is 2. The van der Waals surface area contributed by atoms with E-state index in [2.05, 4.69) is 33.4 Å². The van der Waals surface area contributed by atoms with Crippen LogP contribution in [0.4, 0.5) is 5.69 Å². The van der Waals surface area contributed by atoms with Gasteiger partial charge in [0.15, 0.2) is 5.78 Å². The minimum atomic E-state index is -0.321. The lowest BCUT2D eigenvalue weighted by molar-refractivity contribution is -0.113. The fourth-order valence-electron chi connectivity index (χ4n) is 2.71. The molecule has 5 heteroatoms. The topological polar surface area (TPSA) is 46.2 Å². The van der Waals surface area contributed by atoms with Gasteiger partial charge in [0.2, 0.25) is 5.91 Å². The molecule has 0 saturated carbocycles. The van der Waals surface area contributed by atoms with E-state index in [0.29, 0.717) is 22.1 Å². The lowest BCUT2D eigenvalue weighted by Crippen LogP contribution is -2.14. The summed E-state index contributed by atoms with van der Waals surface area (Å²) in [5.74, 6) is -0.479. The lowest BCUT2D eigenvalue weighted by atomic mass is 9.99. The largest absolute Gasteiger partial charge is 0.324 e. The third-order valence-corrected chi connectivity index (χ3v) is 5.04. The van der Waals surface area contributed by atoms with Crippen molar-refractivity contribution in [2.75, 3.05) is 11.2 Å². The van der Waals surface area contributed by atoms with E-state index in [1.54, 1.807) is 18.2 Å². The van der Waals surface area contributed by atoms with Gasteiger partial charge < -0.3 is 5.32 Å². The van der Waals surface area contributed by atoms with E-state index in [9.17, 15) is 9.59 Å². The van der Waals surface area contributed by atoms with Crippen LogP contribution in [0, 0.1) is 0 Å². The number of hydrogen-bond acceptors (Lipinski definition) is 2. The Bertz CT molecular complexity index is 956. The van der Waals surface area contributed by atoms with E-state index in [1.165, 1.54) is 0 Å². The number of Topliss-reactive ketones (excluding diaryl/α,β-unsaturated/α-hetero) is 1. The molecule has 0 heterocycles. The number of amides is 1. The molecule has 0 spiro atoms. The summed E-state index contributed by atoms with van der Waals surface area (Å²) in [5.41, 5.74) is 4.26. The number of hydrogen-bond donors (Lipinski definition) is 1. The quantitative estimate of drug-likeness (QED) is 0.392. The zero-order valence-electron chi connectivity index (χ0n) is 14.4. The van der Waals surface area contributed by atoms with Gasteiger partial charge in [-0.05, 0) is 44.8 Å². The molecular weight excluding hydrogens is 426 g/mol. The van der Waals surface area contributed by atoms with Gasteiger partial charge in [0, 0.05) is 16.5 Å². The number of ketones is 1. The van der Waals surface area contributed by atoms with Crippen molar-refractivity contribution in [2.45, 2.75) is 6.42 Å². The molecule has 0 unspecified atom stereocenters. The average Bonchev–Trinajstić information content (AvgIpc) is 2.70. The number of nitrogens with one attached hydrogen (secondary N) is 1. The molecule has 3 rings (SSSR count). The Balaban J connectivity index is 1.73. The standard InChI is InChI=1S/C22H17BrClNO2/c23-19-11-10-18(13-20(19)25-22(27)14-24)21(26)12-15-6-8-17(9-7-15)16-4-2-1-3-5-16/h1-11,13H,12,14H2,(H,25,27). The van der Waals surface area contributed by atoms with Gasteiger partial charge in [0.25, 0.3) is 0 Å². The smallest absolute Gasteiger partial charge is 0.239 e. The molecule has 1 N–H and O–H groups in total. The number of alkyl halides is 1. The SMILES string of the molecule is O=C(CCl)Nc1cc(C(=O)Cc2ccc(-c3ccccc3)cc2)ccc1Br.